The van der Waals surface area contributed by atoms with Crippen LogP contribution >= 0.6 is 11.6 Å². The minimum atomic E-state index is -0.521. The summed E-state index contributed by atoms with van der Waals surface area (Å²) in [5, 5.41) is 0.777. The van der Waals surface area contributed by atoms with Crippen molar-refractivity contribution in [3.05, 3.63) is 87.3 Å². The van der Waals surface area contributed by atoms with E-state index in [2.05, 4.69) is 16.5 Å². The molecule has 0 N–H and O–H groups in total. The van der Waals surface area contributed by atoms with Crippen LogP contribution in [0.25, 0.3) is 28.0 Å². The van der Waals surface area contributed by atoms with Crippen molar-refractivity contribution >= 4 is 34.4 Å². The zero-order chi connectivity index (χ0) is 30.5. The number of halogens is 2. The number of benzene rings is 1. The summed E-state index contributed by atoms with van der Waals surface area (Å²) in [6, 6.07) is 7.65. The van der Waals surface area contributed by atoms with E-state index >= 15 is 4.39 Å². The molecule has 1 aliphatic rings. The predicted octanol–water partition coefficient (Wildman–Crippen LogP) is 5.99. The molecule has 1 amide bonds. The molecule has 1 aromatic carbocycles. The van der Waals surface area contributed by atoms with Gasteiger partial charge in [-0.3, -0.25) is 9.78 Å². The van der Waals surface area contributed by atoms with E-state index in [4.69, 9.17) is 16.6 Å². The highest BCUT2D eigenvalue weighted by Gasteiger charge is 2.34. The molecule has 0 spiro atoms. The monoisotopic (exact) mass is 588 g/mol. The van der Waals surface area contributed by atoms with Crippen molar-refractivity contribution in [3.63, 3.8) is 0 Å². The Morgan fingerprint density at radius 2 is 1.86 bits per heavy atom. The molecule has 3 aromatic heterocycles. The molecule has 4 heterocycles. The van der Waals surface area contributed by atoms with E-state index in [-0.39, 0.29) is 40.2 Å². The zero-order valence-electron chi connectivity index (χ0n) is 24.7. The lowest BCUT2D eigenvalue weighted by Crippen LogP contribution is -2.58. The summed E-state index contributed by atoms with van der Waals surface area (Å²) in [6.45, 7) is 16.3. The maximum absolute atomic E-state index is 15.0. The quantitative estimate of drug-likeness (QED) is 0.266. The van der Waals surface area contributed by atoms with E-state index in [1.54, 1.807) is 35.4 Å². The van der Waals surface area contributed by atoms with Crippen molar-refractivity contribution in [1.82, 2.24) is 24.4 Å². The number of pyridine rings is 2. The van der Waals surface area contributed by atoms with Crippen molar-refractivity contribution in [1.29, 1.82) is 0 Å². The number of hydrogen-bond acceptors (Lipinski definition) is 6. The number of aryl methyl sites for hydroxylation is 1. The molecule has 0 unspecified atom stereocenters. The Kier molecular flexibility index (Phi) is 7.90. The first-order valence-corrected chi connectivity index (χ1v) is 14.4. The molecule has 218 valence electrons. The number of hydrogen-bond donors (Lipinski definition) is 0. The number of fused-ring (bicyclic) bond motifs is 1. The molecular weight excluding hydrogens is 555 g/mol. The van der Waals surface area contributed by atoms with Gasteiger partial charge < -0.3 is 9.80 Å². The van der Waals surface area contributed by atoms with E-state index < -0.39 is 11.5 Å². The molecule has 5 rings (SSSR count). The molecule has 0 saturated carbocycles. The molecule has 0 aliphatic carbocycles. The van der Waals surface area contributed by atoms with E-state index in [0.717, 1.165) is 16.8 Å². The maximum atomic E-state index is 15.0. The Bertz CT molecular complexity index is 1790. The Hall–Kier alpha value is -4.11. The number of carbonyl (C=O) groups is 1. The van der Waals surface area contributed by atoms with Gasteiger partial charge >= 0.3 is 5.69 Å². The summed E-state index contributed by atoms with van der Waals surface area (Å²) in [7, 11) is 0. The van der Waals surface area contributed by atoms with Gasteiger partial charge in [-0.15, -0.1) is 0 Å². The molecular formula is C32H34ClFN6O2. The van der Waals surface area contributed by atoms with Crippen LogP contribution in [0.3, 0.4) is 0 Å². The Labute approximate surface area is 249 Å². The first kappa shape index (κ1) is 29.4. The average Bonchev–Trinajstić information content (AvgIpc) is 2.95. The number of rotatable bonds is 5. The van der Waals surface area contributed by atoms with Crippen LogP contribution in [0.5, 0.6) is 0 Å². The molecule has 4 aromatic rings. The van der Waals surface area contributed by atoms with Crippen LogP contribution in [-0.4, -0.2) is 55.5 Å². The number of amides is 1. The number of anilines is 1. The molecule has 42 heavy (non-hydrogen) atoms. The van der Waals surface area contributed by atoms with E-state index in [1.807, 2.05) is 46.4 Å². The Balaban J connectivity index is 1.85. The van der Waals surface area contributed by atoms with Crippen molar-refractivity contribution in [2.24, 2.45) is 0 Å². The van der Waals surface area contributed by atoms with Gasteiger partial charge in [-0.05, 0) is 69.0 Å². The van der Waals surface area contributed by atoms with Gasteiger partial charge in [0.2, 0.25) is 5.91 Å². The molecule has 1 saturated heterocycles. The standard InChI is InChI=1S/C32H34ClFN6O2/c1-8-27(41)38-15-19(5)39(16-18(38)4)30-23-13-25(33)28(22-11-9-10-12-26(22)34)36-31(23)40(32(42)37-30)29-20(6)21(7)35-14-24(29)17(2)3/h8-14,17-19H,1,15-16H2,2-7H3/t18-,19-/m0/s1. The summed E-state index contributed by atoms with van der Waals surface area (Å²) in [4.78, 5) is 44.5. The van der Waals surface area contributed by atoms with Crippen LogP contribution in [0, 0.1) is 19.7 Å². The van der Waals surface area contributed by atoms with Gasteiger partial charge in [0.25, 0.3) is 0 Å². The lowest BCUT2D eigenvalue weighted by molar-refractivity contribution is -0.128. The smallest absolute Gasteiger partial charge is 0.349 e. The molecule has 1 fully saturated rings. The normalized spacial score (nSPS) is 17.3. The Morgan fingerprint density at radius 3 is 2.52 bits per heavy atom. The highest BCUT2D eigenvalue weighted by atomic mass is 35.5. The summed E-state index contributed by atoms with van der Waals surface area (Å²) < 4.78 is 16.5. The fraction of sp³-hybridized carbons (Fsp3) is 0.344. The third kappa shape index (κ3) is 4.96. The lowest BCUT2D eigenvalue weighted by Gasteiger charge is -2.44. The zero-order valence-corrected chi connectivity index (χ0v) is 25.4. The minimum absolute atomic E-state index is 0.0445. The SMILES string of the molecule is C=CC(=O)N1C[C@H](C)N(c2nc(=O)n(-c3c(C(C)C)cnc(C)c3C)c3nc(-c4ccccc4F)c(Cl)cc23)C[C@@H]1C. The second-order valence-corrected chi connectivity index (χ2v) is 11.6. The van der Waals surface area contributed by atoms with Crippen molar-refractivity contribution in [2.45, 2.75) is 59.5 Å². The fourth-order valence-electron chi connectivity index (χ4n) is 5.65. The van der Waals surface area contributed by atoms with Crippen LogP contribution in [0.15, 0.2) is 54.0 Å². The van der Waals surface area contributed by atoms with E-state index in [0.29, 0.717) is 35.6 Å². The van der Waals surface area contributed by atoms with Gasteiger partial charge in [0, 0.05) is 42.6 Å². The highest BCUT2D eigenvalue weighted by Crippen LogP contribution is 2.37. The van der Waals surface area contributed by atoms with Crippen molar-refractivity contribution in [3.8, 4) is 16.9 Å². The summed E-state index contributed by atoms with van der Waals surface area (Å²) in [5.41, 5.74) is 3.35. The molecule has 1 aliphatic heterocycles. The predicted molar refractivity (Wildman–Crippen MR) is 165 cm³/mol. The lowest BCUT2D eigenvalue weighted by atomic mass is 9.99. The van der Waals surface area contributed by atoms with Crippen LogP contribution in [0.4, 0.5) is 10.2 Å². The molecule has 0 radical (unpaired) electrons. The van der Waals surface area contributed by atoms with Crippen LogP contribution in [-0.2, 0) is 4.79 Å². The first-order chi connectivity index (χ1) is 19.9. The molecule has 2 atom stereocenters. The largest absolute Gasteiger partial charge is 0.355 e. The molecule has 10 heteroatoms. The molecule has 0 bridgehead atoms. The van der Waals surface area contributed by atoms with Gasteiger partial charge in [-0.25, -0.2) is 18.7 Å². The highest BCUT2D eigenvalue weighted by molar-refractivity contribution is 6.33. The van der Waals surface area contributed by atoms with Crippen LogP contribution < -0.4 is 10.6 Å². The minimum Gasteiger partial charge on any atom is -0.349 e. The maximum Gasteiger partial charge on any atom is 0.355 e. The summed E-state index contributed by atoms with van der Waals surface area (Å²) >= 11 is 6.81. The van der Waals surface area contributed by atoms with E-state index in [1.165, 1.54) is 16.7 Å². The number of carbonyl (C=O) groups excluding carboxylic acids is 1. The second kappa shape index (κ2) is 11.3. The fourth-order valence-corrected chi connectivity index (χ4v) is 5.90. The number of piperazine rings is 1. The molecule has 8 nitrogen and oxygen atoms in total. The average molecular weight is 589 g/mol. The second-order valence-electron chi connectivity index (χ2n) is 11.2. The third-order valence-electron chi connectivity index (χ3n) is 8.06. The Morgan fingerprint density at radius 1 is 1.14 bits per heavy atom. The third-order valence-corrected chi connectivity index (χ3v) is 8.35. The summed E-state index contributed by atoms with van der Waals surface area (Å²) in [6.07, 6.45) is 3.09. The van der Waals surface area contributed by atoms with Gasteiger partial charge in [0.05, 0.1) is 21.8 Å². The van der Waals surface area contributed by atoms with Crippen molar-refractivity contribution in [2.75, 3.05) is 18.0 Å². The summed E-state index contributed by atoms with van der Waals surface area (Å²) in [5.74, 6) is -0.159. The van der Waals surface area contributed by atoms with Gasteiger partial charge in [0.15, 0.2) is 5.65 Å². The van der Waals surface area contributed by atoms with Gasteiger partial charge in [-0.2, -0.15) is 4.98 Å². The number of nitrogens with zero attached hydrogens (tertiary/aromatic N) is 6. The van der Waals surface area contributed by atoms with Gasteiger partial charge in [0.1, 0.15) is 11.6 Å². The first-order valence-electron chi connectivity index (χ1n) is 14.0. The topological polar surface area (TPSA) is 84.2 Å². The number of aromatic nitrogens is 4. The van der Waals surface area contributed by atoms with Crippen molar-refractivity contribution < 1.29 is 9.18 Å². The van der Waals surface area contributed by atoms with Crippen LogP contribution in [0.2, 0.25) is 5.02 Å². The van der Waals surface area contributed by atoms with Gasteiger partial charge in [-0.1, -0.05) is 44.2 Å². The van der Waals surface area contributed by atoms with E-state index in [9.17, 15) is 9.59 Å². The van der Waals surface area contributed by atoms with Crippen LogP contribution in [0.1, 0.15) is 50.4 Å².